The van der Waals surface area contributed by atoms with Gasteiger partial charge in [0.05, 0.1) is 32.1 Å². The molecule has 5 rings (SSSR count). The molecular formula is C20H21N7O2. The fourth-order valence-corrected chi connectivity index (χ4v) is 3.51. The molecule has 1 N–H and O–H groups in total. The van der Waals surface area contributed by atoms with Crippen molar-refractivity contribution in [1.82, 2.24) is 29.9 Å². The van der Waals surface area contributed by atoms with Crippen molar-refractivity contribution in [2.75, 3.05) is 25.0 Å². The number of ether oxygens (including phenoxy) is 1. The summed E-state index contributed by atoms with van der Waals surface area (Å²) in [7, 11) is 0. The predicted octanol–water partition coefficient (Wildman–Crippen LogP) is 2.46. The van der Waals surface area contributed by atoms with Crippen LogP contribution in [0.2, 0.25) is 0 Å². The lowest BCUT2D eigenvalue weighted by atomic mass is 10.2. The molecule has 3 aromatic heterocycles. The van der Waals surface area contributed by atoms with Crippen LogP contribution in [0.1, 0.15) is 5.76 Å². The molecule has 1 aromatic carbocycles. The number of hydrogen-bond acceptors (Lipinski definition) is 8. The second-order valence-corrected chi connectivity index (χ2v) is 6.96. The number of anilines is 2. The summed E-state index contributed by atoms with van der Waals surface area (Å²) in [6, 6.07) is 13.8. The molecule has 1 atom stereocenters. The SMILES string of the molecule is c1ccc(Nc2ncnc3c2nnn3C[C@@H]2CN(Cc3ccco3)CCO2)cc1. The molecule has 0 unspecified atom stereocenters. The van der Waals surface area contributed by atoms with Crippen molar-refractivity contribution in [3.05, 3.63) is 60.8 Å². The third-order valence-corrected chi connectivity index (χ3v) is 4.90. The van der Waals surface area contributed by atoms with Crippen LogP contribution < -0.4 is 5.32 Å². The first-order valence-electron chi connectivity index (χ1n) is 9.58. The molecule has 1 aliphatic heterocycles. The van der Waals surface area contributed by atoms with Crippen LogP contribution in [-0.4, -0.2) is 55.7 Å². The number of furan rings is 1. The zero-order chi connectivity index (χ0) is 19.5. The van der Waals surface area contributed by atoms with Crippen LogP contribution in [0.15, 0.2) is 59.5 Å². The Balaban J connectivity index is 1.31. The highest BCUT2D eigenvalue weighted by Crippen LogP contribution is 2.21. The zero-order valence-corrected chi connectivity index (χ0v) is 15.8. The van der Waals surface area contributed by atoms with Gasteiger partial charge in [-0.15, -0.1) is 5.10 Å². The van der Waals surface area contributed by atoms with Crippen LogP contribution >= 0.6 is 0 Å². The van der Waals surface area contributed by atoms with Crippen LogP contribution in [0.5, 0.6) is 0 Å². The lowest BCUT2D eigenvalue weighted by Gasteiger charge is -2.32. The number of benzene rings is 1. The Morgan fingerprint density at radius 3 is 2.90 bits per heavy atom. The molecule has 4 aromatic rings. The molecule has 9 nitrogen and oxygen atoms in total. The van der Waals surface area contributed by atoms with E-state index >= 15 is 0 Å². The molecule has 0 spiro atoms. The van der Waals surface area contributed by atoms with Gasteiger partial charge in [-0.1, -0.05) is 23.4 Å². The average molecular weight is 391 g/mol. The van der Waals surface area contributed by atoms with Gasteiger partial charge in [-0.05, 0) is 24.3 Å². The van der Waals surface area contributed by atoms with Crippen molar-refractivity contribution in [1.29, 1.82) is 0 Å². The van der Waals surface area contributed by atoms with E-state index in [0.717, 1.165) is 31.1 Å². The van der Waals surface area contributed by atoms with E-state index in [9.17, 15) is 0 Å². The number of morpholine rings is 1. The van der Waals surface area contributed by atoms with Gasteiger partial charge in [0, 0.05) is 18.8 Å². The minimum absolute atomic E-state index is 0.00381. The normalized spacial score (nSPS) is 17.6. The molecule has 1 saturated heterocycles. The van der Waals surface area contributed by atoms with E-state index < -0.39 is 0 Å². The molecule has 0 amide bonds. The van der Waals surface area contributed by atoms with Crippen molar-refractivity contribution >= 4 is 22.7 Å². The van der Waals surface area contributed by atoms with E-state index in [1.165, 1.54) is 6.33 Å². The zero-order valence-electron chi connectivity index (χ0n) is 15.8. The van der Waals surface area contributed by atoms with Crippen LogP contribution in [0.25, 0.3) is 11.2 Å². The smallest absolute Gasteiger partial charge is 0.183 e. The predicted molar refractivity (Wildman–Crippen MR) is 107 cm³/mol. The maximum atomic E-state index is 5.96. The fraction of sp³-hybridized carbons (Fsp3) is 0.300. The Labute approximate surface area is 167 Å². The van der Waals surface area contributed by atoms with Crippen molar-refractivity contribution in [3.63, 3.8) is 0 Å². The van der Waals surface area contributed by atoms with E-state index in [1.54, 1.807) is 10.9 Å². The minimum atomic E-state index is 0.00381. The van der Waals surface area contributed by atoms with Gasteiger partial charge < -0.3 is 14.5 Å². The molecule has 0 bridgehead atoms. The second-order valence-electron chi connectivity index (χ2n) is 6.96. The summed E-state index contributed by atoms with van der Waals surface area (Å²) in [6.07, 6.45) is 3.23. The van der Waals surface area contributed by atoms with Crippen LogP contribution in [0.4, 0.5) is 11.5 Å². The molecule has 9 heteroatoms. The van der Waals surface area contributed by atoms with Gasteiger partial charge >= 0.3 is 0 Å². The summed E-state index contributed by atoms with van der Waals surface area (Å²) in [5.41, 5.74) is 2.26. The van der Waals surface area contributed by atoms with E-state index in [-0.39, 0.29) is 6.10 Å². The first-order chi connectivity index (χ1) is 14.3. The van der Waals surface area contributed by atoms with Gasteiger partial charge in [0.2, 0.25) is 0 Å². The van der Waals surface area contributed by atoms with Gasteiger partial charge in [-0.3, -0.25) is 4.90 Å². The maximum Gasteiger partial charge on any atom is 0.183 e. The van der Waals surface area contributed by atoms with Gasteiger partial charge in [-0.2, -0.15) is 0 Å². The Kier molecular flexibility index (Phi) is 4.89. The first-order valence-corrected chi connectivity index (χ1v) is 9.58. The molecule has 29 heavy (non-hydrogen) atoms. The summed E-state index contributed by atoms with van der Waals surface area (Å²) < 4.78 is 13.2. The van der Waals surface area contributed by atoms with Gasteiger partial charge in [-0.25, -0.2) is 14.6 Å². The topological polar surface area (TPSA) is 94.1 Å². The maximum absolute atomic E-state index is 5.96. The van der Waals surface area contributed by atoms with E-state index in [2.05, 4.69) is 30.5 Å². The Bertz CT molecular complexity index is 1070. The molecule has 1 fully saturated rings. The number of fused-ring (bicyclic) bond motifs is 1. The highest BCUT2D eigenvalue weighted by Gasteiger charge is 2.23. The van der Waals surface area contributed by atoms with E-state index in [1.807, 2.05) is 42.5 Å². The second kappa shape index (κ2) is 7.98. The first kappa shape index (κ1) is 17.8. The number of nitrogens with zero attached hydrogens (tertiary/aromatic N) is 6. The molecule has 0 saturated carbocycles. The Morgan fingerprint density at radius 1 is 1.10 bits per heavy atom. The molecule has 4 heterocycles. The van der Waals surface area contributed by atoms with Gasteiger partial charge in [0.25, 0.3) is 0 Å². The van der Waals surface area contributed by atoms with Gasteiger partial charge in [0.15, 0.2) is 17.0 Å². The van der Waals surface area contributed by atoms with Crippen LogP contribution in [0.3, 0.4) is 0 Å². The highest BCUT2D eigenvalue weighted by molar-refractivity contribution is 5.84. The fourth-order valence-electron chi connectivity index (χ4n) is 3.51. The number of aromatic nitrogens is 5. The number of para-hydroxylation sites is 1. The lowest BCUT2D eigenvalue weighted by molar-refractivity contribution is -0.0415. The third kappa shape index (κ3) is 3.96. The van der Waals surface area contributed by atoms with Crippen molar-refractivity contribution in [2.45, 2.75) is 19.2 Å². The highest BCUT2D eigenvalue weighted by atomic mass is 16.5. The molecule has 1 aliphatic rings. The minimum Gasteiger partial charge on any atom is -0.468 e. The van der Waals surface area contributed by atoms with E-state index in [0.29, 0.717) is 30.1 Å². The van der Waals surface area contributed by atoms with Crippen molar-refractivity contribution in [2.24, 2.45) is 0 Å². The summed E-state index contributed by atoms with van der Waals surface area (Å²) >= 11 is 0. The average Bonchev–Trinajstić information content (AvgIpc) is 3.40. The quantitative estimate of drug-likeness (QED) is 0.536. The number of nitrogens with one attached hydrogen (secondary N) is 1. The molecule has 0 radical (unpaired) electrons. The molecular weight excluding hydrogens is 370 g/mol. The standard InChI is InChI=1S/C20H21N7O2/c1-2-5-15(6-3-1)23-19-18-20(22-14-21-19)27(25-24-18)13-17-12-26(8-10-29-17)11-16-7-4-9-28-16/h1-7,9,14,17H,8,10-13H2,(H,21,22,23)/t17-/m0/s1. The van der Waals surface area contributed by atoms with Crippen molar-refractivity contribution < 1.29 is 9.15 Å². The molecule has 0 aliphatic carbocycles. The number of hydrogen-bond donors (Lipinski definition) is 1. The number of rotatable bonds is 6. The summed E-state index contributed by atoms with van der Waals surface area (Å²) in [6.45, 7) is 3.70. The molecule has 148 valence electrons. The van der Waals surface area contributed by atoms with Crippen LogP contribution in [-0.2, 0) is 17.8 Å². The van der Waals surface area contributed by atoms with Crippen LogP contribution in [0, 0.1) is 0 Å². The van der Waals surface area contributed by atoms with E-state index in [4.69, 9.17) is 9.15 Å². The largest absolute Gasteiger partial charge is 0.468 e. The Hall–Kier alpha value is -3.30. The van der Waals surface area contributed by atoms with Gasteiger partial charge in [0.1, 0.15) is 12.1 Å². The third-order valence-electron chi connectivity index (χ3n) is 4.90. The summed E-state index contributed by atoms with van der Waals surface area (Å²) in [5.74, 6) is 1.60. The lowest BCUT2D eigenvalue weighted by Crippen LogP contribution is -2.43. The van der Waals surface area contributed by atoms with Crippen molar-refractivity contribution in [3.8, 4) is 0 Å². The summed E-state index contributed by atoms with van der Waals surface area (Å²) in [4.78, 5) is 11.0. The summed E-state index contributed by atoms with van der Waals surface area (Å²) in [5, 5.41) is 11.9. The monoisotopic (exact) mass is 391 g/mol. The Morgan fingerprint density at radius 2 is 2.03 bits per heavy atom.